The second kappa shape index (κ2) is 9.22. The minimum Gasteiger partial charge on any atom is -0.333 e. The first kappa shape index (κ1) is 18.2. The lowest BCUT2D eigenvalue weighted by atomic mass is 10.2. The van der Waals surface area contributed by atoms with Crippen LogP contribution in [0.5, 0.6) is 0 Å². The first-order chi connectivity index (χ1) is 11.5. The Balaban J connectivity index is 1.75. The van der Waals surface area contributed by atoms with E-state index in [9.17, 15) is 14.4 Å². The second-order valence-electron chi connectivity index (χ2n) is 5.55. The third-order valence-electron chi connectivity index (χ3n) is 3.63. The average Bonchev–Trinajstić information content (AvgIpc) is 2.77. The van der Waals surface area contributed by atoms with Crippen LogP contribution in [0.25, 0.3) is 6.08 Å². The first-order valence-corrected chi connectivity index (χ1v) is 8.64. The topological polar surface area (TPSA) is 78.5 Å². The molecule has 1 aliphatic rings. The third-order valence-corrected chi connectivity index (χ3v) is 4.16. The average molecular weight is 394 g/mol. The number of rotatable bonds is 4. The molecule has 7 heteroatoms. The maximum absolute atomic E-state index is 11.8. The Morgan fingerprint density at radius 2 is 1.88 bits per heavy atom. The van der Waals surface area contributed by atoms with Crippen molar-refractivity contribution in [1.82, 2.24) is 15.8 Å². The molecule has 0 aliphatic carbocycles. The lowest BCUT2D eigenvalue weighted by Gasteiger charge is -2.19. The van der Waals surface area contributed by atoms with E-state index in [1.165, 1.54) is 11.0 Å². The zero-order chi connectivity index (χ0) is 17.4. The number of likely N-dealkylation sites (tertiary alicyclic amines) is 1. The van der Waals surface area contributed by atoms with Crippen LogP contribution in [-0.4, -0.2) is 35.7 Å². The normalized spacial score (nSPS) is 15.2. The number of hydrogen-bond donors (Lipinski definition) is 2. The second-order valence-corrected chi connectivity index (χ2v) is 6.46. The van der Waals surface area contributed by atoms with Crippen molar-refractivity contribution in [3.05, 3.63) is 40.4 Å². The number of amides is 3. The number of halogens is 1. The van der Waals surface area contributed by atoms with Crippen LogP contribution in [0.3, 0.4) is 0 Å². The Morgan fingerprint density at radius 1 is 1.12 bits per heavy atom. The molecule has 0 saturated carbocycles. The fourth-order valence-corrected chi connectivity index (χ4v) is 2.60. The molecule has 1 aromatic rings. The number of benzene rings is 1. The highest BCUT2D eigenvalue weighted by Gasteiger charge is 2.19. The standard InChI is InChI=1S/C17H20BrN3O3/c18-14-8-5-13(6-9-14)7-10-15(22)19-20-16(23)12-21-11-3-1-2-4-17(21)24/h5-10H,1-4,11-12H2,(H,19,22)(H,20,23)/b10-7+. The van der Waals surface area contributed by atoms with Crippen LogP contribution >= 0.6 is 15.9 Å². The summed E-state index contributed by atoms with van der Waals surface area (Å²) in [5.41, 5.74) is 5.51. The van der Waals surface area contributed by atoms with Gasteiger partial charge in [0.15, 0.2) is 0 Å². The maximum Gasteiger partial charge on any atom is 0.262 e. The molecule has 2 N–H and O–H groups in total. The van der Waals surface area contributed by atoms with Crippen molar-refractivity contribution in [2.45, 2.75) is 25.7 Å². The summed E-state index contributed by atoms with van der Waals surface area (Å²) in [5, 5.41) is 0. The number of hydrazine groups is 1. The molecule has 0 atom stereocenters. The highest BCUT2D eigenvalue weighted by atomic mass is 79.9. The van der Waals surface area contributed by atoms with Crippen molar-refractivity contribution in [3.8, 4) is 0 Å². The Bertz CT molecular complexity index is 628. The molecule has 0 spiro atoms. The van der Waals surface area contributed by atoms with Gasteiger partial charge in [-0.25, -0.2) is 0 Å². The summed E-state index contributed by atoms with van der Waals surface area (Å²) < 4.78 is 0.958. The summed E-state index contributed by atoms with van der Waals surface area (Å²) in [5.74, 6) is -0.854. The van der Waals surface area contributed by atoms with Gasteiger partial charge < -0.3 is 4.90 Å². The van der Waals surface area contributed by atoms with Gasteiger partial charge in [0.05, 0.1) is 0 Å². The summed E-state index contributed by atoms with van der Waals surface area (Å²) >= 11 is 3.34. The Morgan fingerprint density at radius 3 is 2.62 bits per heavy atom. The van der Waals surface area contributed by atoms with Gasteiger partial charge in [-0.3, -0.25) is 25.2 Å². The lowest BCUT2D eigenvalue weighted by molar-refractivity contribution is -0.136. The molecule has 2 rings (SSSR count). The van der Waals surface area contributed by atoms with Gasteiger partial charge in [-0.1, -0.05) is 34.5 Å². The van der Waals surface area contributed by atoms with Crippen molar-refractivity contribution < 1.29 is 14.4 Å². The first-order valence-electron chi connectivity index (χ1n) is 7.85. The Hall–Kier alpha value is -2.15. The Kier molecular flexibility index (Phi) is 6.99. The van der Waals surface area contributed by atoms with Crippen LogP contribution in [0.4, 0.5) is 0 Å². The molecule has 128 valence electrons. The van der Waals surface area contributed by atoms with Gasteiger partial charge >= 0.3 is 0 Å². The molecule has 0 radical (unpaired) electrons. The van der Waals surface area contributed by atoms with E-state index in [2.05, 4.69) is 26.8 Å². The predicted octanol–water partition coefficient (Wildman–Crippen LogP) is 2.01. The van der Waals surface area contributed by atoms with E-state index >= 15 is 0 Å². The summed E-state index contributed by atoms with van der Waals surface area (Å²) in [6.07, 6.45) is 6.24. The van der Waals surface area contributed by atoms with E-state index in [0.29, 0.717) is 13.0 Å². The summed E-state index contributed by atoms with van der Waals surface area (Å²) in [7, 11) is 0. The zero-order valence-corrected chi connectivity index (χ0v) is 14.8. The zero-order valence-electron chi connectivity index (χ0n) is 13.3. The number of carbonyl (C=O) groups is 3. The number of carbonyl (C=O) groups excluding carboxylic acids is 3. The van der Waals surface area contributed by atoms with Crippen LogP contribution < -0.4 is 10.9 Å². The molecule has 24 heavy (non-hydrogen) atoms. The predicted molar refractivity (Wildman–Crippen MR) is 94.5 cm³/mol. The van der Waals surface area contributed by atoms with E-state index in [1.54, 1.807) is 6.08 Å². The van der Waals surface area contributed by atoms with E-state index in [0.717, 1.165) is 29.3 Å². The van der Waals surface area contributed by atoms with Gasteiger partial charge in [0.1, 0.15) is 6.54 Å². The molecule has 1 heterocycles. The van der Waals surface area contributed by atoms with Gasteiger partial charge in [0.25, 0.3) is 11.8 Å². The molecule has 1 fully saturated rings. The van der Waals surface area contributed by atoms with Crippen LogP contribution in [0.1, 0.15) is 31.2 Å². The van der Waals surface area contributed by atoms with Crippen molar-refractivity contribution >= 4 is 39.7 Å². The highest BCUT2D eigenvalue weighted by Crippen LogP contribution is 2.11. The quantitative estimate of drug-likeness (QED) is 0.606. The molecule has 1 saturated heterocycles. The Labute approximate surface area is 149 Å². The monoisotopic (exact) mass is 393 g/mol. The molecule has 0 unspecified atom stereocenters. The minimum absolute atomic E-state index is 0.0101. The number of hydrogen-bond acceptors (Lipinski definition) is 3. The van der Waals surface area contributed by atoms with Crippen LogP contribution in [0.15, 0.2) is 34.8 Å². The number of nitrogens with zero attached hydrogens (tertiary/aromatic N) is 1. The smallest absolute Gasteiger partial charge is 0.262 e. The van der Waals surface area contributed by atoms with E-state index in [4.69, 9.17) is 0 Å². The molecule has 0 aromatic heterocycles. The largest absolute Gasteiger partial charge is 0.333 e. The van der Waals surface area contributed by atoms with Crippen molar-refractivity contribution in [2.75, 3.05) is 13.1 Å². The summed E-state index contributed by atoms with van der Waals surface area (Å²) in [6, 6.07) is 7.46. The fraction of sp³-hybridized carbons (Fsp3) is 0.353. The minimum atomic E-state index is -0.437. The fourth-order valence-electron chi connectivity index (χ4n) is 2.34. The molecule has 0 bridgehead atoms. The van der Waals surface area contributed by atoms with Gasteiger partial charge in [-0.05, 0) is 36.6 Å². The molecule has 1 aliphatic heterocycles. The number of nitrogens with one attached hydrogen (secondary N) is 2. The summed E-state index contributed by atoms with van der Waals surface area (Å²) in [4.78, 5) is 36.9. The van der Waals surface area contributed by atoms with E-state index in [-0.39, 0.29) is 12.5 Å². The molecular formula is C17H20BrN3O3. The van der Waals surface area contributed by atoms with E-state index in [1.807, 2.05) is 24.3 Å². The van der Waals surface area contributed by atoms with Crippen molar-refractivity contribution in [2.24, 2.45) is 0 Å². The lowest BCUT2D eigenvalue weighted by Crippen LogP contribution is -2.47. The van der Waals surface area contributed by atoms with Gasteiger partial charge in [0.2, 0.25) is 5.91 Å². The third kappa shape index (κ3) is 6.16. The molecule has 3 amide bonds. The SMILES string of the molecule is O=C(/C=C/c1ccc(Br)cc1)NNC(=O)CN1CCCCCC1=O. The van der Waals surface area contributed by atoms with Crippen LogP contribution in [0, 0.1) is 0 Å². The molecular weight excluding hydrogens is 374 g/mol. The molecule has 1 aromatic carbocycles. The van der Waals surface area contributed by atoms with Crippen molar-refractivity contribution in [3.63, 3.8) is 0 Å². The van der Waals surface area contributed by atoms with E-state index < -0.39 is 11.8 Å². The van der Waals surface area contributed by atoms with Crippen molar-refractivity contribution in [1.29, 1.82) is 0 Å². The van der Waals surface area contributed by atoms with Gasteiger partial charge in [-0.2, -0.15) is 0 Å². The molecule has 6 nitrogen and oxygen atoms in total. The van der Waals surface area contributed by atoms with Crippen LogP contribution in [-0.2, 0) is 14.4 Å². The van der Waals surface area contributed by atoms with Crippen LogP contribution in [0.2, 0.25) is 0 Å². The van der Waals surface area contributed by atoms with Gasteiger partial charge in [0, 0.05) is 23.5 Å². The van der Waals surface area contributed by atoms with Gasteiger partial charge in [-0.15, -0.1) is 0 Å². The highest BCUT2D eigenvalue weighted by molar-refractivity contribution is 9.10. The maximum atomic E-state index is 11.8. The summed E-state index contributed by atoms with van der Waals surface area (Å²) in [6.45, 7) is 0.555.